The molecule has 0 unspecified atom stereocenters. The number of anilines is 3. The Kier molecular flexibility index (Phi) is 30.6. The van der Waals surface area contributed by atoms with Gasteiger partial charge in [0.15, 0.2) is 34.5 Å². The van der Waals surface area contributed by atoms with E-state index in [0.717, 1.165) is 156 Å². The van der Waals surface area contributed by atoms with Crippen molar-refractivity contribution in [2.75, 3.05) is 149 Å². The molecule has 0 aliphatic carbocycles. The molecule has 1 aromatic heterocycles. The molecule has 3 saturated heterocycles. The second kappa shape index (κ2) is 42.6. The van der Waals surface area contributed by atoms with Crippen LogP contribution in [0.15, 0.2) is 208 Å². The van der Waals surface area contributed by atoms with Crippen LogP contribution in [0.2, 0.25) is 0 Å². The van der Waals surface area contributed by atoms with E-state index in [0.29, 0.717) is 130 Å². The predicted octanol–water partition coefficient (Wildman–Crippen LogP) is 15.1. The summed E-state index contributed by atoms with van der Waals surface area (Å²) in [5.41, 5.74) is 15.9. The summed E-state index contributed by atoms with van der Waals surface area (Å²) in [5, 5.41) is 8.48. The SMILES string of the molecule is COc1ccc([C@@H](CCCN=C(C)N)N2C(=O)c3cccc(N4CCN([C@H](C)c5ccccc5)CC4)c3C2=O)cc1OC.COc1ccc([C@@H](CCCNC2=CCCN2)N2C(=O)c3cccc(N4CCN([C@H](C)c5ccccc5)CC4)c3C2=O)cc1OC.COc1ccc([C@@H](CCCNS(=O)(=O)c2cccs2)N2C(=O)c3cccc(N4CCCCC4)c3C2=O)cc1OC. The highest BCUT2D eigenvalue weighted by atomic mass is 32.2. The number of piperazine rings is 2. The first kappa shape index (κ1) is 91.9. The monoisotopic (exact) mass is 1780 g/mol. The van der Waals surface area contributed by atoms with Crippen LogP contribution in [0.25, 0.3) is 0 Å². The van der Waals surface area contributed by atoms with Crippen molar-refractivity contribution < 1.29 is 65.6 Å². The molecule has 9 aromatic rings. The first-order chi connectivity index (χ1) is 62.2. The van der Waals surface area contributed by atoms with Gasteiger partial charge in [-0.25, -0.2) is 13.1 Å². The van der Waals surface area contributed by atoms with Crippen molar-refractivity contribution in [2.24, 2.45) is 10.7 Å². The van der Waals surface area contributed by atoms with Crippen LogP contribution in [0.3, 0.4) is 0 Å². The molecule has 5 N–H and O–H groups in total. The number of piperidine rings is 1. The van der Waals surface area contributed by atoms with E-state index >= 15 is 0 Å². The lowest BCUT2D eigenvalue weighted by atomic mass is 9.99. The highest BCUT2D eigenvalue weighted by Gasteiger charge is 2.47. The summed E-state index contributed by atoms with van der Waals surface area (Å²) in [6, 6.07) is 56.6. The molecule has 7 aliphatic heterocycles. The fourth-order valence-corrected chi connectivity index (χ4v) is 20.5. The van der Waals surface area contributed by atoms with E-state index in [9.17, 15) is 37.2 Å². The molecule has 8 aromatic carbocycles. The number of nitrogens with one attached hydrogen (secondary N) is 3. The van der Waals surface area contributed by atoms with Gasteiger partial charge in [-0.3, -0.25) is 58.3 Å². The van der Waals surface area contributed by atoms with Crippen LogP contribution in [0, 0.1) is 0 Å². The third-order valence-corrected chi connectivity index (χ3v) is 28.1. The van der Waals surface area contributed by atoms with Gasteiger partial charge in [0.2, 0.25) is 10.0 Å². The molecular weight excluding hydrogens is 1660 g/mol. The van der Waals surface area contributed by atoms with Gasteiger partial charge in [0.25, 0.3) is 35.4 Å². The number of carbonyl (C=O) groups is 6. The standard InChI is InChI=1S/C36H43N5O4.C34H41N5O4.C29H33N3O6S2/c1-25(26-10-5-4-6-11-26)39-20-22-40(23-21-39)30-13-7-12-28-34(30)36(43)41(35(28)42)29(14-8-18-37-33-15-9-19-38-33)27-16-17-31(44-2)32(24-27)45-3;1-23(25-10-6-5-7-11-25)37-18-20-38(21-19-37)29-13-8-12-27-32(29)34(41)39(33(27)40)28(14-9-17-36-24(2)35)26-15-16-30(42-3)31(22-26)43-4;1-37-24-14-13-20(19-25(24)38-2)22(11-7-15-30-40(35,36)26-12-8-18-39-26)32-28(33)21-9-6-10-23(27(21)29(32)34)31-16-4-3-5-17-31/h4-7,10-13,15-17,24-25,29,37-38H,8-9,14,18-23H2,1-3H3;5-8,10-13,15-16,22-23,28H,9,14,17-21H2,1-4H3,(H2,35,36);6,8-10,12-14,18-19,22,30H,3-5,7,11,15-17H2,1-2H3/t25-,29-;23-,28-;22-/m111/s1. The Hall–Kier alpha value is -12.3. The van der Waals surface area contributed by atoms with Gasteiger partial charge in [-0.05, 0) is 203 Å². The number of hydrogen-bond acceptors (Lipinski definition) is 23. The molecule has 0 saturated carbocycles. The molecule has 674 valence electrons. The molecule has 27 nitrogen and oxygen atoms in total. The number of aliphatic imine (C=N–C) groups is 1. The number of benzene rings is 8. The van der Waals surface area contributed by atoms with Crippen LogP contribution in [-0.4, -0.2) is 208 Å². The summed E-state index contributed by atoms with van der Waals surface area (Å²) in [4.78, 5) is 105. The van der Waals surface area contributed by atoms with Gasteiger partial charge in [0.1, 0.15) is 4.21 Å². The zero-order chi connectivity index (χ0) is 90.1. The maximum atomic E-state index is 14.3. The normalized spacial score (nSPS) is 17.1. The van der Waals surface area contributed by atoms with E-state index in [1.165, 1.54) is 32.9 Å². The predicted molar refractivity (Wildman–Crippen MR) is 499 cm³/mol. The first-order valence-corrected chi connectivity index (χ1v) is 46.5. The van der Waals surface area contributed by atoms with Crippen molar-refractivity contribution in [3.63, 3.8) is 0 Å². The number of fused-ring (bicyclic) bond motifs is 3. The number of rotatable bonds is 34. The summed E-state index contributed by atoms with van der Waals surface area (Å²) in [6.45, 7) is 16.8. The van der Waals surface area contributed by atoms with Crippen LogP contribution >= 0.6 is 11.3 Å². The highest BCUT2D eigenvalue weighted by molar-refractivity contribution is 7.91. The zero-order valence-corrected chi connectivity index (χ0v) is 76.1. The third-order valence-electron chi connectivity index (χ3n) is 25.2. The maximum Gasteiger partial charge on any atom is 0.264 e. The van der Waals surface area contributed by atoms with Crippen molar-refractivity contribution >= 4 is 79.7 Å². The smallest absolute Gasteiger partial charge is 0.264 e. The van der Waals surface area contributed by atoms with E-state index < -0.39 is 28.1 Å². The molecule has 0 bridgehead atoms. The van der Waals surface area contributed by atoms with Crippen LogP contribution in [0.1, 0.15) is 205 Å². The lowest BCUT2D eigenvalue weighted by Crippen LogP contribution is -2.47. The van der Waals surface area contributed by atoms with E-state index in [4.69, 9.17) is 34.2 Å². The van der Waals surface area contributed by atoms with Gasteiger partial charge in [-0.1, -0.05) is 103 Å². The average molecular weight is 1780 g/mol. The Morgan fingerprint density at radius 2 is 0.828 bits per heavy atom. The molecular formula is C99H117N13O14S2. The van der Waals surface area contributed by atoms with Crippen molar-refractivity contribution in [1.29, 1.82) is 0 Å². The Bertz CT molecular complexity index is 5600. The Morgan fingerprint density at radius 3 is 1.20 bits per heavy atom. The van der Waals surface area contributed by atoms with E-state index in [1.807, 2.05) is 91.0 Å². The second-order valence-electron chi connectivity index (χ2n) is 32.7. The van der Waals surface area contributed by atoms with E-state index in [1.54, 1.807) is 90.3 Å². The molecule has 16 rings (SSSR count). The van der Waals surface area contributed by atoms with Crippen molar-refractivity contribution in [3.05, 3.63) is 260 Å². The van der Waals surface area contributed by atoms with Gasteiger partial charge in [0.05, 0.1) is 123 Å². The fourth-order valence-electron chi connectivity index (χ4n) is 18.4. The van der Waals surface area contributed by atoms with E-state index in [2.05, 4.69) is 113 Å². The lowest BCUT2D eigenvalue weighted by molar-refractivity contribution is 0.0557. The highest BCUT2D eigenvalue weighted by Crippen LogP contribution is 2.46. The summed E-state index contributed by atoms with van der Waals surface area (Å²) in [5.74, 6) is 3.14. The van der Waals surface area contributed by atoms with E-state index in [-0.39, 0.29) is 46.2 Å². The number of thiophene rings is 1. The minimum atomic E-state index is -3.62. The van der Waals surface area contributed by atoms with Crippen molar-refractivity contribution in [2.45, 2.75) is 119 Å². The van der Waals surface area contributed by atoms with Crippen LogP contribution < -0.4 is 64.2 Å². The molecule has 6 amide bonds. The van der Waals surface area contributed by atoms with Crippen molar-refractivity contribution in [3.8, 4) is 34.5 Å². The first-order valence-electron chi connectivity index (χ1n) is 44.2. The summed E-state index contributed by atoms with van der Waals surface area (Å²) >= 11 is 1.15. The molecule has 0 spiro atoms. The minimum Gasteiger partial charge on any atom is -0.493 e. The number of hydrogen-bond donors (Lipinski definition) is 4. The molecule has 0 radical (unpaired) electrons. The Balaban J connectivity index is 0.000000156. The fraction of sp³-hybridized carbons (Fsp3) is 0.384. The zero-order valence-electron chi connectivity index (χ0n) is 74.5. The molecule has 5 atom stereocenters. The summed E-state index contributed by atoms with van der Waals surface area (Å²) in [7, 11) is 5.80. The number of sulfonamides is 1. The topological polar surface area (TPSA) is 292 Å². The Labute approximate surface area is 754 Å². The molecule has 8 heterocycles. The Morgan fingerprint density at radius 1 is 0.438 bits per heavy atom. The number of imide groups is 3. The molecule has 3 fully saturated rings. The maximum absolute atomic E-state index is 14.3. The quantitative estimate of drug-likeness (QED) is 0.0126. The number of nitrogens with zero attached hydrogens (tertiary/aromatic N) is 9. The molecule has 7 aliphatic rings. The number of amides is 6. The second-order valence-corrected chi connectivity index (χ2v) is 35.7. The van der Waals surface area contributed by atoms with Gasteiger partial charge in [-0.15, -0.1) is 11.3 Å². The summed E-state index contributed by atoms with van der Waals surface area (Å²) in [6.07, 6.45) is 9.71. The lowest BCUT2D eigenvalue weighted by Gasteiger charge is -2.39. The number of methoxy groups -OCH3 is 6. The number of carbonyl (C=O) groups excluding carboxylic acids is 6. The average Bonchev–Trinajstić information content (AvgIpc) is 1.60. The molecule has 29 heteroatoms. The van der Waals surface area contributed by atoms with Crippen LogP contribution in [-0.2, 0) is 10.0 Å². The number of nitrogens with two attached hydrogens (primary N) is 1. The van der Waals surface area contributed by atoms with Gasteiger partial charge >= 0.3 is 0 Å². The number of amidine groups is 1. The molecule has 128 heavy (non-hydrogen) atoms. The largest absolute Gasteiger partial charge is 0.493 e. The van der Waals surface area contributed by atoms with Crippen LogP contribution in [0.4, 0.5) is 17.1 Å². The van der Waals surface area contributed by atoms with Gasteiger partial charge < -0.3 is 59.5 Å². The van der Waals surface area contributed by atoms with Gasteiger partial charge in [-0.2, -0.15) is 0 Å². The van der Waals surface area contributed by atoms with Crippen molar-refractivity contribution in [1.82, 2.24) is 39.9 Å². The van der Waals surface area contributed by atoms with Gasteiger partial charge in [0, 0.05) is 104 Å². The summed E-state index contributed by atoms with van der Waals surface area (Å²) < 4.78 is 61.0. The third kappa shape index (κ3) is 20.3. The minimum absolute atomic E-state index is 0.159. The number of ether oxygens (including phenoxy) is 6. The van der Waals surface area contributed by atoms with Crippen LogP contribution in [0.5, 0.6) is 34.5 Å².